The molecule has 3 atom stereocenters. The second kappa shape index (κ2) is 16.3. The van der Waals surface area contributed by atoms with Gasteiger partial charge in [-0.2, -0.15) is 0 Å². The van der Waals surface area contributed by atoms with Gasteiger partial charge < -0.3 is 23.7 Å². The summed E-state index contributed by atoms with van der Waals surface area (Å²) in [6.45, 7) is 11.2. The van der Waals surface area contributed by atoms with Crippen LogP contribution in [0.5, 0.6) is 17.2 Å². The Bertz CT molecular complexity index is 1440. The highest BCUT2D eigenvalue weighted by Crippen LogP contribution is 2.29. The van der Waals surface area contributed by atoms with Gasteiger partial charge in [-0.15, -0.1) is 0 Å². The fraction of sp³-hybridized carbons (Fsp3) is 0.324. The monoisotopic (exact) mass is 612 g/mol. The van der Waals surface area contributed by atoms with E-state index < -0.39 is 18.2 Å². The highest BCUT2D eigenvalue weighted by atomic mass is 16.7. The van der Waals surface area contributed by atoms with Crippen LogP contribution in [0.3, 0.4) is 0 Å². The predicted octanol–water partition coefficient (Wildman–Crippen LogP) is 8.01. The molecule has 1 aliphatic rings. The molecule has 3 unspecified atom stereocenters. The molecule has 3 aromatic carbocycles. The molecule has 4 rings (SSSR count). The second-order valence-corrected chi connectivity index (χ2v) is 10.8. The van der Waals surface area contributed by atoms with Gasteiger partial charge in [0.15, 0.2) is 0 Å². The van der Waals surface area contributed by atoms with Gasteiger partial charge in [-0.3, -0.25) is 0 Å². The van der Waals surface area contributed by atoms with Gasteiger partial charge in [0.05, 0.1) is 5.56 Å². The minimum Gasteiger partial charge on any atom is -0.487 e. The third-order valence-corrected chi connectivity index (χ3v) is 7.40. The number of ether oxygens (including phenoxy) is 5. The molecule has 0 radical (unpaired) electrons. The first-order chi connectivity index (χ1) is 21.8. The van der Waals surface area contributed by atoms with Crippen LogP contribution in [0.15, 0.2) is 97.6 Å². The molecule has 8 nitrogen and oxygen atoms in total. The standard InChI is InChI=1S/C37H40O8/c1-5-8-9-10-11-32(33-24-25(4)36(39)44-33)41-29-22-16-28(17-23-29)37(40)43-31-20-14-27(15-21-31)26-12-18-30(19-13-26)42-35(7-3)45-34(38)6-2/h6,12-23,32-33,35H,2,4-5,7-11,24H2,1,3H3. The third kappa shape index (κ3) is 9.57. The Morgan fingerprint density at radius 3 is 2.02 bits per heavy atom. The van der Waals surface area contributed by atoms with E-state index in [4.69, 9.17) is 23.7 Å². The summed E-state index contributed by atoms with van der Waals surface area (Å²) in [7, 11) is 0. The van der Waals surface area contributed by atoms with Crippen LogP contribution in [0.4, 0.5) is 0 Å². The van der Waals surface area contributed by atoms with Gasteiger partial charge in [-0.05, 0) is 72.5 Å². The maximum Gasteiger partial charge on any atom is 0.343 e. The van der Waals surface area contributed by atoms with Crippen molar-refractivity contribution in [2.24, 2.45) is 0 Å². The Balaban J connectivity index is 1.32. The van der Waals surface area contributed by atoms with Crippen molar-refractivity contribution >= 4 is 17.9 Å². The molecule has 236 valence electrons. The number of hydrogen-bond acceptors (Lipinski definition) is 8. The zero-order valence-electron chi connectivity index (χ0n) is 25.9. The van der Waals surface area contributed by atoms with Crippen molar-refractivity contribution in [2.75, 3.05) is 0 Å². The summed E-state index contributed by atoms with van der Waals surface area (Å²) >= 11 is 0. The van der Waals surface area contributed by atoms with Crippen molar-refractivity contribution < 1.29 is 38.1 Å². The van der Waals surface area contributed by atoms with E-state index in [1.165, 1.54) is 0 Å². The summed E-state index contributed by atoms with van der Waals surface area (Å²) < 4.78 is 28.2. The molecule has 0 bridgehead atoms. The Morgan fingerprint density at radius 1 is 0.867 bits per heavy atom. The maximum atomic E-state index is 12.8. The molecule has 1 fully saturated rings. The van der Waals surface area contributed by atoms with E-state index in [9.17, 15) is 14.4 Å². The lowest BCUT2D eigenvalue weighted by molar-refractivity contribution is -0.157. The Hall–Kier alpha value is -4.85. The molecule has 0 amide bonds. The topological polar surface area (TPSA) is 97.4 Å². The summed E-state index contributed by atoms with van der Waals surface area (Å²) in [4.78, 5) is 36.2. The lowest BCUT2D eigenvalue weighted by Crippen LogP contribution is -2.31. The zero-order chi connectivity index (χ0) is 32.2. The average molecular weight is 613 g/mol. The summed E-state index contributed by atoms with van der Waals surface area (Å²) in [6.07, 6.45) is 5.78. The normalized spacial score (nSPS) is 15.5. The van der Waals surface area contributed by atoms with Crippen molar-refractivity contribution in [3.05, 3.63) is 103 Å². The molecule has 3 aromatic rings. The molecule has 1 heterocycles. The molecule has 8 heteroatoms. The van der Waals surface area contributed by atoms with Crippen LogP contribution in [0, 0.1) is 0 Å². The first kappa shape index (κ1) is 33.1. The van der Waals surface area contributed by atoms with E-state index in [1.54, 1.807) is 48.5 Å². The van der Waals surface area contributed by atoms with Gasteiger partial charge in [0.25, 0.3) is 0 Å². The summed E-state index contributed by atoms with van der Waals surface area (Å²) in [6, 6.07) is 21.3. The molecule has 0 aliphatic carbocycles. The van der Waals surface area contributed by atoms with Crippen molar-refractivity contribution in [2.45, 2.75) is 77.3 Å². The zero-order valence-corrected chi connectivity index (χ0v) is 25.9. The largest absolute Gasteiger partial charge is 0.487 e. The number of hydrogen-bond donors (Lipinski definition) is 0. The summed E-state index contributed by atoms with van der Waals surface area (Å²) in [5, 5.41) is 0. The van der Waals surface area contributed by atoms with E-state index in [2.05, 4.69) is 20.1 Å². The Kier molecular flexibility index (Phi) is 12.0. The lowest BCUT2D eigenvalue weighted by Gasteiger charge is -2.24. The minimum absolute atomic E-state index is 0.291. The van der Waals surface area contributed by atoms with Crippen molar-refractivity contribution in [1.82, 2.24) is 0 Å². The van der Waals surface area contributed by atoms with Gasteiger partial charge in [0.2, 0.25) is 6.29 Å². The van der Waals surface area contributed by atoms with Crippen LogP contribution < -0.4 is 14.2 Å². The van der Waals surface area contributed by atoms with E-state index >= 15 is 0 Å². The highest BCUT2D eigenvalue weighted by Gasteiger charge is 2.35. The van der Waals surface area contributed by atoms with Crippen LogP contribution in [-0.4, -0.2) is 36.4 Å². The van der Waals surface area contributed by atoms with Gasteiger partial charge in [0, 0.05) is 24.5 Å². The molecule has 1 saturated heterocycles. The number of cyclic esters (lactones) is 1. The molecule has 1 aliphatic heterocycles. The van der Waals surface area contributed by atoms with Crippen LogP contribution in [0.25, 0.3) is 11.1 Å². The third-order valence-electron chi connectivity index (χ3n) is 7.40. The van der Waals surface area contributed by atoms with Gasteiger partial charge >= 0.3 is 17.9 Å². The predicted molar refractivity (Wildman–Crippen MR) is 171 cm³/mol. The number of unbranched alkanes of at least 4 members (excludes halogenated alkanes) is 3. The molecular formula is C37H40O8. The highest BCUT2D eigenvalue weighted by molar-refractivity contribution is 5.91. The average Bonchev–Trinajstić information content (AvgIpc) is 3.40. The number of benzene rings is 3. The van der Waals surface area contributed by atoms with Crippen molar-refractivity contribution in [3.8, 4) is 28.4 Å². The Morgan fingerprint density at radius 2 is 1.47 bits per heavy atom. The van der Waals surface area contributed by atoms with Gasteiger partial charge in [0.1, 0.15) is 29.5 Å². The van der Waals surface area contributed by atoms with Gasteiger partial charge in [-0.1, -0.05) is 70.5 Å². The quantitative estimate of drug-likeness (QED) is 0.0528. The number of esters is 3. The van der Waals surface area contributed by atoms with E-state index in [0.29, 0.717) is 41.2 Å². The molecular weight excluding hydrogens is 572 g/mol. The molecule has 0 N–H and O–H groups in total. The maximum absolute atomic E-state index is 12.8. The second-order valence-electron chi connectivity index (χ2n) is 10.8. The Labute approximate surface area is 264 Å². The van der Waals surface area contributed by atoms with Gasteiger partial charge in [-0.25, -0.2) is 14.4 Å². The first-order valence-electron chi connectivity index (χ1n) is 15.4. The molecule has 0 spiro atoms. The lowest BCUT2D eigenvalue weighted by atomic mass is 10.0. The SMILES string of the molecule is C=CC(=O)OC(CC)Oc1ccc(-c2ccc(OC(=O)c3ccc(OC(CCCCCC)C4CC(=C)C(=O)O4)cc3)cc2)cc1. The van der Waals surface area contributed by atoms with Crippen LogP contribution in [0.2, 0.25) is 0 Å². The number of carbonyl (C=O) groups is 3. The molecule has 45 heavy (non-hydrogen) atoms. The van der Waals surface area contributed by atoms with Crippen LogP contribution >= 0.6 is 0 Å². The van der Waals surface area contributed by atoms with E-state index in [1.807, 2.05) is 31.2 Å². The van der Waals surface area contributed by atoms with Crippen molar-refractivity contribution in [3.63, 3.8) is 0 Å². The number of carbonyl (C=O) groups excluding carboxylic acids is 3. The van der Waals surface area contributed by atoms with Crippen molar-refractivity contribution in [1.29, 1.82) is 0 Å². The molecule has 0 aromatic heterocycles. The summed E-state index contributed by atoms with van der Waals surface area (Å²) in [5.74, 6) is 0.171. The first-order valence-corrected chi connectivity index (χ1v) is 15.4. The summed E-state index contributed by atoms with van der Waals surface area (Å²) in [5.41, 5.74) is 2.71. The molecule has 0 saturated carbocycles. The van der Waals surface area contributed by atoms with Crippen LogP contribution in [0.1, 0.15) is 69.2 Å². The fourth-order valence-electron chi connectivity index (χ4n) is 4.86. The smallest absolute Gasteiger partial charge is 0.343 e. The van der Waals surface area contributed by atoms with E-state index in [-0.39, 0.29) is 18.2 Å². The van der Waals surface area contributed by atoms with E-state index in [0.717, 1.165) is 49.3 Å². The van der Waals surface area contributed by atoms with Crippen LogP contribution in [-0.2, 0) is 19.1 Å². The fourth-order valence-corrected chi connectivity index (χ4v) is 4.86. The number of rotatable bonds is 16. The minimum atomic E-state index is -0.698.